The molecule has 266 valence electrons. The summed E-state index contributed by atoms with van der Waals surface area (Å²) in [5, 5.41) is 22.0. The van der Waals surface area contributed by atoms with E-state index in [4.69, 9.17) is 23.7 Å². The first-order chi connectivity index (χ1) is 22.7. The predicted molar refractivity (Wildman–Crippen MR) is 173 cm³/mol. The Labute approximate surface area is 277 Å². The lowest BCUT2D eigenvalue weighted by Crippen LogP contribution is -2.42. The van der Waals surface area contributed by atoms with Crippen LogP contribution in [0.2, 0.25) is 0 Å². The van der Waals surface area contributed by atoms with E-state index in [0.717, 1.165) is 18.9 Å². The number of carbonyl (C=O) groups is 5. The van der Waals surface area contributed by atoms with Crippen molar-refractivity contribution in [3.8, 4) is 11.5 Å². The molecule has 2 amide bonds. The maximum Gasteiger partial charge on any atom is 0.333 e. The number of likely N-dealkylation sites (N-methyl/N-ethyl adjacent to an activating group) is 1. The van der Waals surface area contributed by atoms with Gasteiger partial charge in [-0.15, -0.1) is 0 Å². The number of hydrogen-bond acceptors (Lipinski definition) is 11. The number of aldehydes is 1. The van der Waals surface area contributed by atoms with Gasteiger partial charge < -0.3 is 44.1 Å². The summed E-state index contributed by atoms with van der Waals surface area (Å²) < 4.78 is 27.3. The molecule has 1 saturated heterocycles. The lowest BCUT2D eigenvalue weighted by molar-refractivity contribution is -0.195. The Hall–Kier alpha value is -4.01. The van der Waals surface area contributed by atoms with Crippen molar-refractivity contribution in [3.05, 3.63) is 35.9 Å². The number of nitrogens with one attached hydrogen (secondary N) is 1. The van der Waals surface area contributed by atoms with Gasteiger partial charge in [-0.3, -0.25) is 19.2 Å². The molecule has 14 nitrogen and oxygen atoms in total. The van der Waals surface area contributed by atoms with E-state index < -0.39 is 24.5 Å². The van der Waals surface area contributed by atoms with Crippen molar-refractivity contribution in [2.75, 3.05) is 40.0 Å². The number of amides is 2. The highest BCUT2D eigenvalue weighted by molar-refractivity contribution is 5.90. The Morgan fingerprint density at radius 3 is 2.47 bits per heavy atom. The number of unbranched alkanes of at least 4 members (excludes halogenated alkanes) is 2. The van der Waals surface area contributed by atoms with E-state index in [1.54, 1.807) is 25.2 Å². The van der Waals surface area contributed by atoms with Gasteiger partial charge in [0, 0.05) is 57.1 Å². The molecule has 1 aromatic rings. The third-order valence-electron chi connectivity index (χ3n) is 6.30. The number of ether oxygens (including phenoxy) is 5. The van der Waals surface area contributed by atoms with Gasteiger partial charge in [0.25, 0.3) is 6.47 Å². The number of nitrogens with zero attached hydrogens (tertiary/aromatic N) is 1. The minimum atomic E-state index is -1.21. The quantitative estimate of drug-likeness (QED) is 0.0989. The Morgan fingerprint density at radius 2 is 1.79 bits per heavy atom. The van der Waals surface area contributed by atoms with Gasteiger partial charge in [-0.2, -0.15) is 0 Å². The van der Waals surface area contributed by atoms with E-state index in [2.05, 4.69) is 5.32 Å². The molecule has 3 N–H and O–H groups in total. The van der Waals surface area contributed by atoms with Crippen LogP contribution in [0, 0.1) is 0 Å². The number of benzene rings is 1. The first-order valence-corrected chi connectivity index (χ1v) is 16.0. The molecule has 2 rings (SSSR count). The van der Waals surface area contributed by atoms with Crippen LogP contribution >= 0.6 is 0 Å². The summed E-state index contributed by atoms with van der Waals surface area (Å²) in [5.74, 6) is -0.866. The van der Waals surface area contributed by atoms with Crippen molar-refractivity contribution in [1.29, 1.82) is 0 Å². The molecule has 0 bridgehead atoms. The molecule has 0 spiro atoms. The average Bonchev–Trinajstić information content (AvgIpc) is 3.07. The Balaban J connectivity index is 0.00000508. The van der Waals surface area contributed by atoms with Crippen molar-refractivity contribution in [2.24, 2.45) is 0 Å². The van der Waals surface area contributed by atoms with Crippen molar-refractivity contribution in [1.82, 2.24) is 10.2 Å². The minimum Gasteiger partial charge on any atom is -0.491 e. The van der Waals surface area contributed by atoms with Gasteiger partial charge in [0.2, 0.25) is 18.1 Å². The molecule has 1 aromatic carbocycles. The smallest absolute Gasteiger partial charge is 0.333 e. The SMILES string of the molecule is CC.CC.CN(CCCCCC(=O)NCCOCCOc1ccc(COC=O)c(OC2CC(O)CC(C(=O)O)O2)c1)C(=O)/C=C\C=O. The number of carbonyl (C=O) groups excluding carboxylic acids is 4. The lowest BCUT2D eigenvalue weighted by atomic mass is 10.1. The highest BCUT2D eigenvalue weighted by Gasteiger charge is 2.34. The second-order valence-corrected chi connectivity index (χ2v) is 9.69. The molecule has 0 radical (unpaired) electrons. The average molecular weight is 669 g/mol. The molecule has 0 saturated carbocycles. The molecule has 1 aliphatic heterocycles. The van der Waals surface area contributed by atoms with E-state index in [-0.39, 0.29) is 50.2 Å². The van der Waals surface area contributed by atoms with Crippen LogP contribution in [0.15, 0.2) is 30.4 Å². The molecule has 1 fully saturated rings. The highest BCUT2D eigenvalue weighted by Crippen LogP contribution is 2.30. The van der Waals surface area contributed by atoms with Crippen LogP contribution < -0.4 is 14.8 Å². The number of allylic oxidation sites excluding steroid dienone is 1. The van der Waals surface area contributed by atoms with Crippen LogP contribution in [0.25, 0.3) is 0 Å². The second-order valence-electron chi connectivity index (χ2n) is 9.69. The molecule has 0 aliphatic carbocycles. The molecule has 14 heteroatoms. The zero-order valence-corrected chi connectivity index (χ0v) is 28.2. The number of carboxylic acids is 1. The summed E-state index contributed by atoms with van der Waals surface area (Å²) >= 11 is 0. The minimum absolute atomic E-state index is 0.0465. The topological polar surface area (TPSA) is 187 Å². The fourth-order valence-corrected chi connectivity index (χ4v) is 4.06. The Bertz CT molecular complexity index is 1080. The first-order valence-electron chi connectivity index (χ1n) is 16.0. The van der Waals surface area contributed by atoms with Gasteiger partial charge in [0.05, 0.1) is 19.3 Å². The van der Waals surface area contributed by atoms with Crippen LogP contribution in [0.1, 0.15) is 71.8 Å². The predicted octanol–water partition coefficient (Wildman–Crippen LogP) is 3.03. The summed E-state index contributed by atoms with van der Waals surface area (Å²) in [7, 11) is 1.66. The summed E-state index contributed by atoms with van der Waals surface area (Å²) in [6, 6.07) is 4.82. The number of aliphatic hydroxyl groups excluding tert-OH is 1. The van der Waals surface area contributed by atoms with Gasteiger partial charge in [-0.05, 0) is 31.1 Å². The summed E-state index contributed by atoms with van der Waals surface area (Å²) in [6.07, 6.45) is 2.38. The maximum atomic E-state index is 12.0. The zero-order chi connectivity index (χ0) is 35.5. The molecular weight excluding hydrogens is 616 g/mol. The van der Waals surface area contributed by atoms with E-state index in [1.165, 1.54) is 11.0 Å². The Kier molecular flexibility index (Phi) is 24.8. The largest absolute Gasteiger partial charge is 0.491 e. The van der Waals surface area contributed by atoms with E-state index in [1.807, 2.05) is 27.7 Å². The van der Waals surface area contributed by atoms with Gasteiger partial charge in [-0.25, -0.2) is 4.79 Å². The normalized spacial score (nSPS) is 16.8. The molecule has 3 unspecified atom stereocenters. The summed E-state index contributed by atoms with van der Waals surface area (Å²) in [6.45, 7) is 9.81. The van der Waals surface area contributed by atoms with Crippen molar-refractivity contribution in [2.45, 2.75) is 91.3 Å². The van der Waals surface area contributed by atoms with Crippen LogP contribution in [0.4, 0.5) is 0 Å². The number of aliphatic carboxylic acids is 1. The highest BCUT2D eigenvalue weighted by atomic mass is 16.7. The molecule has 0 aromatic heterocycles. The van der Waals surface area contributed by atoms with Gasteiger partial charge in [0.15, 0.2) is 6.10 Å². The molecule has 47 heavy (non-hydrogen) atoms. The van der Waals surface area contributed by atoms with E-state index in [0.29, 0.717) is 56.6 Å². The third kappa shape index (κ3) is 19.3. The molecule has 1 aliphatic rings. The van der Waals surface area contributed by atoms with Crippen molar-refractivity contribution >= 4 is 30.5 Å². The van der Waals surface area contributed by atoms with E-state index in [9.17, 15) is 34.2 Å². The molecular formula is C33H52N2O12. The van der Waals surface area contributed by atoms with Crippen LogP contribution in [0.5, 0.6) is 11.5 Å². The third-order valence-corrected chi connectivity index (χ3v) is 6.30. The van der Waals surface area contributed by atoms with Gasteiger partial charge >= 0.3 is 5.97 Å². The van der Waals surface area contributed by atoms with Crippen molar-refractivity contribution < 1.29 is 57.9 Å². The number of carboxylic acid groups (broad SMARTS) is 1. The van der Waals surface area contributed by atoms with Gasteiger partial charge in [0.1, 0.15) is 31.0 Å². The summed E-state index contributed by atoms with van der Waals surface area (Å²) in [4.78, 5) is 57.4. The molecule has 1 heterocycles. The van der Waals surface area contributed by atoms with Crippen LogP contribution in [-0.4, -0.2) is 104 Å². The zero-order valence-electron chi connectivity index (χ0n) is 28.2. The van der Waals surface area contributed by atoms with Gasteiger partial charge in [-0.1, -0.05) is 34.1 Å². The fourth-order valence-electron chi connectivity index (χ4n) is 4.06. The summed E-state index contributed by atoms with van der Waals surface area (Å²) in [5.41, 5.74) is 0.493. The number of aliphatic hydroxyl groups is 1. The maximum absolute atomic E-state index is 12.0. The first kappa shape index (κ1) is 43.0. The monoisotopic (exact) mass is 668 g/mol. The van der Waals surface area contributed by atoms with Crippen molar-refractivity contribution in [3.63, 3.8) is 0 Å². The fraction of sp³-hybridized carbons (Fsp3) is 0.606. The standard InChI is InChI=1S/C29H40N2O12.2C2H6/c1-31(27(36)7-5-12-32)11-4-2-3-6-26(35)30-10-13-39-14-15-41-23-9-8-21(19-40-20-33)24(18-23)42-28-17-22(34)16-25(43-28)29(37)38;2*1-2/h5,7-9,12,18,20,22,25,28,34H,2-4,6,10-11,13-17,19H2,1H3,(H,30,35)(H,37,38);2*1-2H3/b7-5-;;. The van der Waals surface area contributed by atoms with E-state index >= 15 is 0 Å². The second kappa shape index (κ2) is 27.1. The lowest BCUT2D eigenvalue weighted by Gasteiger charge is -2.31. The number of rotatable bonds is 21. The Morgan fingerprint density at radius 1 is 1.04 bits per heavy atom. The molecule has 3 atom stereocenters. The number of hydrogen-bond donors (Lipinski definition) is 3. The van der Waals surface area contributed by atoms with Crippen LogP contribution in [0.3, 0.4) is 0 Å². The van der Waals surface area contributed by atoms with Crippen LogP contribution in [-0.2, 0) is 44.8 Å².